The summed E-state index contributed by atoms with van der Waals surface area (Å²) in [6.07, 6.45) is 4.02. The van der Waals surface area contributed by atoms with E-state index < -0.39 is 0 Å². The van der Waals surface area contributed by atoms with Crippen LogP contribution >= 0.6 is 11.9 Å². The van der Waals surface area contributed by atoms with Crippen molar-refractivity contribution in [2.24, 2.45) is 0 Å². The molecule has 3 nitrogen and oxygen atoms in total. The molecule has 4 rings (SSSR count). The Morgan fingerprint density at radius 1 is 1.09 bits per heavy atom. The van der Waals surface area contributed by atoms with Crippen LogP contribution in [0.15, 0.2) is 48.5 Å². The van der Waals surface area contributed by atoms with E-state index in [1.165, 1.54) is 28.2 Å². The highest BCUT2D eigenvalue weighted by molar-refractivity contribution is 7.96. The summed E-state index contributed by atoms with van der Waals surface area (Å²) in [5.41, 5.74) is 2.42. The van der Waals surface area contributed by atoms with Crippen LogP contribution in [0.5, 0.6) is 0 Å². The molecule has 1 saturated heterocycles. The maximum absolute atomic E-state index is 10.9. The van der Waals surface area contributed by atoms with Gasteiger partial charge in [0, 0.05) is 34.4 Å². The zero-order chi connectivity index (χ0) is 15.8. The maximum atomic E-state index is 10.9. The standard InChI is InChI=1S/C19H22N2OS/c1-23-21-12-6-11-18(21)19(22)13-20-16-9-4-2-7-14(16)15-8-3-5-10-17(15)20/h2-5,7-10,18-19,22H,6,11-13H2,1H3. The van der Waals surface area contributed by atoms with Crippen LogP contribution in [0.1, 0.15) is 12.8 Å². The number of hydrogen-bond donors (Lipinski definition) is 1. The molecule has 2 heterocycles. The van der Waals surface area contributed by atoms with Gasteiger partial charge < -0.3 is 9.67 Å². The van der Waals surface area contributed by atoms with Gasteiger partial charge in [-0.2, -0.15) is 0 Å². The van der Waals surface area contributed by atoms with Crippen LogP contribution in [0.2, 0.25) is 0 Å². The first-order valence-electron chi connectivity index (χ1n) is 8.24. The van der Waals surface area contributed by atoms with Gasteiger partial charge in [-0.05, 0) is 31.2 Å². The Kier molecular flexibility index (Phi) is 4.05. The second kappa shape index (κ2) is 6.19. The fraction of sp³-hybridized carbons (Fsp3) is 0.368. The molecule has 120 valence electrons. The van der Waals surface area contributed by atoms with Crippen molar-refractivity contribution < 1.29 is 5.11 Å². The summed E-state index contributed by atoms with van der Waals surface area (Å²) in [5.74, 6) is 0. The molecule has 2 atom stereocenters. The SMILES string of the molecule is CSN1CCCC1C(O)Cn1c2ccccc2c2ccccc21. The summed E-state index contributed by atoms with van der Waals surface area (Å²) in [5, 5.41) is 13.4. The quantitative estimate of drug-likeness (QED) is 0.737. The van der Waals surface area contributed by atoms with E-state index in [0.717, 1.165) is 13.0 Å². The van der Waals surface area contributed by atoms with Gasteiger partial charge in [-0.15, -0.1) is 0 Å². The van der Waals surface area contributed by atoms with Gasteiger partial charge in [-0.3, -0.25) is 0 Å². The Balaban J connectivity index is 1.75. The van der Waals surface area contributed by atoms with Crippen LogP contribution in [0, 0.1) is 0 Å². The van der Waals surface area contributed by atoms with E-state index in [1.54, 1.807) is 11.9 Å². The predicted octanol–water partition coefficient (Wildman–Crippen LogP) is 3.90. The Bertz CT molecular complexity index is 775. The summed E-state index contributed by atoms with van der Waals surface area (Å²) < 4.78 is 4.62. The van der Waals surface area contributed by atoms with Crippen molar-refractivity contribution in [2.75, 3.05) is 12.8 Å². The second-order valence-corrected chi connectivity index (χ2v) is 7.08. The lowest BCUT2D eigenvalue weighted by Gasteiger charge is -2.27. The van der Waals surface area contributed by atoms with Crippen molar-refractivity contribution in [3.05, 3.63) is 48.5 Å². The molecule has 1 aromatic heterocycles. The number of para-hydroxylation sites is 2. The Morgan fingerprint density at radius 2 is 1.70 bits per heavy atom. The molecule has 2 aromatic carbocycles. The molecule has 0 aliphatic carbocycles. The van der Waals surface area contributed by atoms with Crippen LogP contribution in [0.4, 0.5) is 0 Å². The van der Waals surface area contributed by atoms with E-state index in [-0.39, 0.29) is 12.1 Å². The number of aliphatic hydroxyl groups excluding tert-OH is 1. The fourth-order valence-corrected chi connectivity index (χ4v) is 4.71. The van der Waals surface area contributed by atoms with Crippen LogP contribution < -0.4 is 0 Å². The Labute approximate surface area is 141 Å². The number of fused-ring (bicyclic) bond motifs is 3. The van der Waals surface area contributed by atoms with Crippen LogP contribution in [-0.4, -0.2) is 38.9 Å². The molecule has 0 saturated carbocycles. The predicted molar refractivity (Wildman–Crippen MR) is 98.7 cm³/mol. The van der Waals surface area contributed by atoms with Gasteiger partial charge >= 0.3 is 0 Å². The molecule has 1 fully saturated rings. The summed E-state index contributed by atoms with van der Waals surface area (Å²) in [6, 6.07) is 17.2. The fourth-order valence-electron chi connectivity index (χ4n) is 3.89. The molecular weight excluding hydrogens is 304 g/mol. The molecule has 4 heteroatoms. The molecule has 2 unspecified atom stereocenters. The molecule has 0 amide bonds. The number of hydrogen-bond acceptors (Lipinski definition) is 3. The van der Waals surface area contributed by atoms with Crippen molar-refractivity contribution >= 4 is 33.8 Å². The number of rotatable bonds is 4. The van der Waals surface area contributed by atoms with Gasteiger partial charge in [-0.25, -0.2) is 4.31 Å². The molecule has 1 N–H and O–H groups in total. The molecule has 3 aromatic rings. The number of aromatic nitrogens is 1. The Hall–Kier alpha value is -1.49. The Morgan fingerprint density at radius 3 is 2.30 bits per heavy atom. The maximum Gasteiger partial charge on any atom is 0.0883 e. The van der Waals surface area contributed by atoms with Gasteiger partial charge in [0.2, 0.25) is 0 Å². The first-order valence-corrected chi connectivity index (χ1v) is 9.42. The minimum absolute atomic E-state index is 0.255. The van der Waals surface area contributed by atoms with Crippen LogP contribution in [0.25, 0.3) is 21.8 Å². The first kappa shape index (κ1) is 15.1. The molecule has 1 aliphatic heterocycles. The molecular formula is C19H22N2OS. The summed E-state index contributed by atoms with van der Waals surface area (Å²) in [6.45, 7) is 1.73. The van der Waals surface area contributed by atoms with E-state index in [4.69, 9.17) is 0 Å². The summed E-state index contributed by atoms with van der Waals surface area (Å²) >= 11 is 1.75. The minimum Gasteiger partial charge on any atom is -0.390 e. The van der Waals surface area contributed by atoms with Crippen molar-refractivity contribution in [3.63, 3.8) is 0 Å². The lowest BCUT2D eigenvalue weighted by atomic mass is 10.1. The zero-order valence-corrected chi connectivity index (χ0v) is 14.2. The van der Waals surface area contributed by atoms with Crippen molar-refractivity contribution in [3.8, 4) is 0 Å². The monoisotopic (exact) mass is 326 g/mol. The number of aliphatic hydroxyl groups is 1. The first-order chi connectivity index (χ1) is 11.3. The van der Waals surface area contributed by atoms with Crippen molar-refractivity contribution in [1.29, 1.82) is 0 Å². The van der Waals surface area contributed by atoms with E-state index >= 15 is 0 Å². The van der Waals surface area contributed by atoms with E-state index in [1.807, 2.05) is 0 Å². The van der Waals surface area contributed by atoms with Crippen LogP contribution in [-0.2, 0) is 6.54 Å². The third-order valence-corrected chi connectivity index (χ3v) is 5.90. The average Bonchev–Trinajstić information content (AvgIpc) is 3.19. The normalized spacial score (nSPS) is 20.5. The minimum atomic E-state index is -0.343. The van der Waals surface area contributed by atoms with Gasteiger partial charge in [0.25, 0.3) is 0 Å². The average molecular weight is 326 g/mol. The third kappa shape index (κ3) is 2.55. The lowest BCUT2D eigenvalue weighted by Crippen LogP contribution is -2.37. The molecule has 23 heavy (non-hydrogen) atoms. The summed E-state index contributed by atoms with van der Waals surface area (Å²) in [7, 11) is 0. The smallest absolute Gasteiger partial charge is 0.0883 e. The lowest BCUT2D eigenvalue weighted by molar-refractivity contribution is 0.0961. The molecule has 0 radical (unpaired) electrons. The van der Waals surface area contributed by atoms with Crippen molar-refractivity contribution in [2.45, 2.75) is 31.5 Å². The third-order valence-electron chi connectivity index (χ3n) is 4.98. The number of benzene rings is 2. The second-order valence-electron chi connectivity index (χ2n) is 6.25. The zero-order valence-electron chi connectivity index (χ0n) is 13.4. The summed E-state index contributed by atoms with van der Waals surface area (Å²) in [4.78, 5) is 0. The highest BCUT2D eigenvalue weighted by Crippen LogP contribution is 2.31. The van der Waals surface area contributed by atoms with Crippen LogP contribution in [0.3, 0.4) is 0 Å². The highest BCUT2D eigenvalue weighted by Gasteiger charge is 2.31. The van der Waals surface area contributed by atoms with Gasteiger partial charge in [0.1, 0.15) is 0 Å². The highest BCUT2D eigenvalue weighted by atomic mass is 32.2. The van der Waals surface area contributed by atoms with Gasteiger partial charge in [-0.1, -0.05) is 48.3 Å². The van der Waals surface area contributed by atoms with Gasteiger partial charge in [0.05, 0.1) is 12.6 Å². The van der Waals surface area contributed by atoms with E-state index in [9.17, 15) is 5.11 Å². The van der Waals surface area contributed by atoms with E-state index in [0.29, 0.717) is 6.54 Å². The molecule has 1 aliphatic rings. The van der Waals surface area contributed by atoms with Crippen molar-refractivity contribution in [1.82, 2.24) is 8.87 Å². The van der Waals surface area contributed by atoms with E-state index in [2.05, 4.69) is 63.7 Å². The molecule has 0 spiro atoms. The number of nitrogens with zero attached hydrogens (tertiary/aromatic N) is 2. The molecule has 0 bridgehead atoms. The van der Waals surface area contributed by atoms with Gasteiger partial charge in [0.15, 0.2) is 0 Å². The topological polar surface area (TPSA) is 28.4 Å². The largest absolute Gasteiger partial charge is 0.390 e.